The molecule has 0 bridgehead atoms. The Bertz CT molecular complexity index is 3430. The first-order valence-corrected chi connectivity index (χ1v) is 30.4. The summed E-state index contributed by atoms with van der Waals surface area (Å²) in [7, 11) is 6.25. The van der Waals surface area contributed by atoms with Crippen molar-refractivity contribution >= 4 is 58.4 Å². The zero-order chi connectivity index (χ0) is 64.2. The van der Waals surface area contributed by atoms with Crippen LogP contribution in [0.1, 0.15) is 82.5 Å². The number of hydrogen-bond acceptors (Lipinski definition) is 14. The summed E-state index contributed by atoms with van der Waals surface area (Å²) in [5.41, 5.74) is 8.59. The van der Waals surface area contributed by atoms with E-state index in [9.17, 15) is 33.9 Å². The van der Waals surface area contributed by atoms with E-state index >= 15 is 0 Å². The van der Waals surface area contributed by atoms with Crippen LogP contribution in [0.15, 0.2) is 206 Å². The van der Waals surface area contributed by atoms with Gasteiger partial charge in [0.2, 0.25) is 22.0 Å². The van der Waals surface area contributed by atoms with Gasteiger partial charge in [-0.25, -0.2) is 4.79 Å². The van der Waals surface area contributed by atoms with Crippen molar-refractivity contribution in [3.8, 4) is 45.3 Å². The molecule has 17 heteroatoms. The predicted molar refractivity (Wildman–Crippen MR) is 354 cm³/mol. The van der Waals surface area contributed by atoms with Crippen LogP contribution in [0.3, 0.4) is 0 Å². The van der Waals surface area contributed by atoms with Crippen molar-refractivity contribution in [1.29, 1.82) is 0 Å². The molecule has 0 radical (unpaired) electrons. The van der Waals surface area contributed by atoms with Crippen molar-refractivity contribution in [2.24, 2.45) is 0 Å². The lowest BCUT2D eigenvalue weighted by atomic mass is 10.0. The van der Waals surface area contributed by atoms with Gasteiger partial charge in [-0.3, -0.25) is 24.0 Å². The Kier molecular flexibility index (Phi) is 31.4. The molecule has 0 aliphatic rings. The molecule has 0 aromatic heterocycles. The van der Waals surface area contributed by atoms with E-state index in [-0.39, 0.29) is 41.7 Å². The highest BCUT2D eigenvalue weighted by molar-refractivity contribution is 8.15. The van der Waals surface area contributed by atoms with Gasteiger partial charge >= 0.3 is 11.9 Å². The molecule has 0 saturated carbocycles. The minimum Gasteiger partial charge on any atom is -0.496 e. The Morgan fingerprint density at radius 1 is 0.483 bits per heavy atom. The molecule has 89 heavy (non-hydrogen) atoms. The summed E-state index contributed by atoms with van der Waals surface area (Å²) in [4.78, 5) is 72.0. The molecule has 2 amide bonds. The second kappa shape index (κ2) is 39.6. The Labute approximate surface area is 531 Å². The van der Waals surface area contributed by atoms with Gasteiger partial charge in [0, 0.05) is 67.7 Å². The first-order chi connectivity index (χ1) is 43.3. The van der Waals surface area contributed by atoms with E-state index in [0.717, 1.165) is 45.1 Å². The van der Waals surface area contributed by atoms with Crippen molar-refractivity contribution < 1.29 is 62.3 Å². The Balaban J connectivity index is 0.000000280. The van der Waals surface area contributed by atoms with Crippen LogP contribution in [0.4, 0.5) is 0 Å². The van der Waals surface area contributed by atoms with Crippen molar-refractivity contribution in [2.45, 2.75) is 76.9 Å². The number of amides is 2. The minimum absolute atomic E-state index is 0.0253. The smallest absolute Gasteiger partial charge is 0.335 e. The van der Waals surface area contributed by atoms with Gasteiger partial charge in [0.05, 0.1) is 27.4 Å². The Morgan fingerprint density at radius 2 is 0.865 bits per heavy atom. The number of ether oxygens (including phenoxy) is 6. The van der Waals surface area contributed by atoms with Crippen LogP contribution in [0, 0.1) is 0 Å². The molecule has 0 aliphatic heterocycles. The fraction of sp³-hybridized carbons (Fsp3) is 0.250. The summed E-state index contributed by atoms with van der Waals surface area (Å²) in [5, 5.41) is 14.4. The van der Waals surface area contributed by atoms with Crippen LogP contribution in [-0.2, 0) is 54.7 Å². The molecule has 8 aromatic rings. The number of carbonyl (C=O) groups excluding carboxylic acids is 6. The van der Waals surface area contributed by atoms with Gasteiger partial charge in [-0.15, -0.1) is 12.6 Å². The highest BCUT2D eigenvalue weighted by atomic mass is 32.2. The van der Waals surface area contributed by atoms with Crippen molar-refractivity contribution in [1.82, 2.24) is 10.6 Å². The Hall–Kier alpha value is -9.16. The zero-order valence-electron chi connectivity index (χ0n) is 51.1. The first kappa shape index (κ1) is 70.6. The molecule has 8 rings (SSSR count). The number of aliphatic hydroxyl groups excluding tert-OH is 1. The lowest BCUT2D eigenvalue weighted by molar-refractivity contribution is -0.154. The third-order valence-electron chi connectivity index (χ3n) is 13.2. The van der Waals surface area contributed by atoms with Gasteiger partial charge in [-0.2, -0.15) is 0 Å². The van der Waals surface area contributed by atoms with Crippen LogP contribution in [0.5, 0.6) is 23.0 Å². The van der Waals surface area contributed by atoms with Gasteiger partial charge in [0.25, 0.3) is 0 Å². The largest absolute Gasteiger partial charge is 0.496 e. The van der Waals surface area contributed by atoms with Gasteiger partial charge in [-0.05, 0) is 76.9 Å². The average Bonchev–Trinajstić information content (AvgIpc) is 3.70. The molecule has 2 unspecified atom stereocenters. The SMILES string of the molecule is CC.CNC(=O)CCCOc1ccc(COC(=O)C(Cc2ccc(-c3ccccc3)cc2)SC(=O)c2ccccc2)c(OC)c1.CNC(=O)CCCOc1ccc(COC(=O)C(O)Cc2ccc(-c3ccccc3)cc2)c(OC)c1.O=C(S)c1ccccc1. The van der Waals surface area contributed by atoms with Crippen molar-refractivity contribution in [3.63, 3.8) is 0 Å². The van der Waals surface area contributed by atoms with Crippen molar-refractivity contribution in [2.75, 3.05) is 41.5 Å². The highest BCUT2D eigenvalue weighted by Crippen LogP contribution is 2.30. The van der Waals surface area contributed by atoms with Crippen LogP contribution < -0.4 is 29.6 Å². The van der Waals surface area contributed by atoms with E-state index < -0.39 is 23.3 Å². The molecule has 0 aliphatic carbocycles. The molecular weight excluding hydrogens is 1160 g/mol. The Morgan fingerprint density at radius 3 is 1.26 bits per heavy atom. The second-order valence-corrected chi connectivity index (χ2v) is 21.0. The van der Waals surface area contributed by atoms with E-state index in [1.165, 1.54) is 14.2 Å². The molecule has 2 atom stereocenters. The number of esters is 2. The van der Waals surface area contributed by atoms with Crippen LogP contribution in [0.2, 0.25) is 0 Å². The number of thioether (sulfide) groups is 1. The standard InChI is InChI=1S/C35H35NO6S.C28H31NO6.C7H6OS.C2H6/c1-36-33(37)14-9-21-41-30-20-19-29(31(23-30)40-2)24-42-34(38)32(43-35(39)28-12-7-4-8-13-28)22-25-15-17-27(18-16-25)26-10-5-3-6-11-26;1-29-27(31)9-6-16-34-24-15-14-23(26(18-24)33-2)19-35-28(32)25(30)17-20-10-12-22(13-11-20)21-7-4-3-5-8-21;8-7(9)6-4-2-1-3-5-6;1-2/h3-8,10-13,15-20,23,32H,9,14,21-22,24H2,1-2H3,(H,36,37);3-5,7-8,10-15,18,25,30H,6,9,16-17,19H2,1-2H3,(H,29,31);1-5H,(H,8,9);1-2H3. The molecule has 3 N–H and O–H groups in total. The van der Waals surface area contributed by atoms with Crippen LogP contribution in [0.25, 0.3) is 22.3 Å². The summed E-state index contributed by atoms with van der Waals surface area (Å²) in [6.07, 6.45) is 1.16. The quantitative estimate of drug-likeness (QED) is 0.0215. The van der Waals surface area contributed by atoms with E-state index in [1.807, 2.05) is 147 Å². The number of aliphatic hydroxyl groups is 1. The minimum atomic E-state index is -1.27. The molecule has 466 valence electrons. The average molecular weight is 1240 g/mol. The van der Waals surface area contributed by atoms with Gasteiger partial charge in [-0.1, -0.05) is 195 Å². The molecule has 0 heterocycles. The van der Waals surface area contributed by atoms with Gasteiger partial charge in [0.15, 0.2) is 6.10 Å². The summed E-state index contributed by atoms with van der Waals surface area (Å²) < 4.78 is 33.4. The fourth-order valence-electron chi connectivity index (χ4n) is 8.42. The molecule has 0 fully saturated rings. The second-order valence-electron chi connectivity index (χ2n) is 19.4. The topological polar surface area (TPSA) is 202 Å². The lowest BCUT2D eigenvalue weighted by Gasteiger charge is -2.17. The summed E-state index contributed by atoms with van der Waals surface area (Å²) in [5.74, 6) is 0.939. The monoisotopic (exact) mass is 1240 g/mol. The van der Waals surface area contributed by atoms with E-state index in [1.54, 1.807) is 86.9 Å². The lowest BCUT2D eigenvalue weighted by Crippen LogP contribution is -2.25. The van der Waals surface area contributed by atoms with Gasteiger partial charge in [0.1, 0.15) is 41.5 Å². The normalized spacial score (nSPS) is 10.9. The number of methoxy groups -OCH3 is 2. The fourth-order valence-corrected chi connectivity index (χ4v) is 9.54. The molecule has 15 nitrogen and oxygen atoms in total. The maximum Gasteiger partial charge on any atom is 0.335 e. The predicted octanol–water partition coefficient (Wildman–Crippen LogP) is 13.2. The number of carbonyl (C=O) groups is 6. The zero-order valence-corrected chi connectivity index (χ0v) is 52.8. The number of thiol groups is 1. The molecule has 0 saturated heterocycles. The number of rotatable bonds is 27. The summed E-state index contributed by atoms with van der Waals surface area (Å²) in [6.45, 7) is 4.71. The number of hydrogen-bond donors (Lipinski definition) is 4. The molecule has 8 aromatic carbocycles. The van der Waals surface area contributed by atoms with Crippen LogP contribution >= 0.6 is 24.4 Å². The van der Waals surface area contributed by atoms with Crippen molar-refractivity contribution in [3.05, 3.63) is 240 Å². The maximum absolute atomic E-state index is 13.4. The summed E-state index contributed by atoms with van der Waals surface area (Å²) in [6, 6.07) is 64.1. The highest BCUT2D eigenvalue weighted by Gasteiger charge is 2.26. The third-order valence-corrected chi connectivity index (χ3v) is 14.6. The molecule has 0 spiro atoms. The van der Waals surface area contributed by atoms with E-state index in [2.05, 4.69) is 23.3 Å². The van der Waals surface area contributed by atoms with E-state index in [0.29, 0.717) is 90.6 Å². The number of nitrogens with one attached hydrogen (secondary N) is 2. The molecular formula is C72H78N2O13S2. The summed E-state index contributed by atoms with van der Waals surface area (Å²) >= 11 is 4.62. The first-order valence-electron chi connectivity index (χ1n) is 29.1. The van der Waals surface area contributed by atoms with Crippen LogP contribution in [-0.4, -0.2) is 92.0 Å². The number of benzene rings is 8. The van der Waals surface area contributed by atoms with Gasteiger partial charge < -0.3 is 44.2 Å². The van der Waals surface area contributed by atoms with E-state index in [4.69, 9.17) is 28.4 Å². The maximum atomic E-state index is 13.4. The third kappa shape index (κ3) is 24.9.